The fourth-order valence-corrected chi connectivity index (χ4v) is 3.80. The summed E-state index contributed by atoms with van der Waals surface area (Å²) in [7, 11) is 0. The van der Waals surface area contributed by atoms with Gasteiger partial charge in [-0.3, -0.25) is 4.79 Å². The molecule has 21 heavy (non-hydrogen) atoms. The second-order valence-electron chi connectivity index (χ2n) is 6.11. The number of aliphatic hydroxyl groups is 1. The van der Waals surface area contributed by atoms with E-state index < -0.39 is 5.60 Å². The van der Waals surface area contributed by atoms with E-state index >= 15 is 0 Å². The zero-order chi connectivity index (χ0) is 15.1. The number of carbonyl (C=O) groups is 1. The molecular formula is C17H25NO2S. The Hall–Kier alpha value is -1.00. The van der Waals surface area contributed by atoms with Gasteiger partial charge in [0.05, 0.1) is 5.60 Å². The third-order valence-electron chi connectivity index (χ3n) is 4.02. The molecule has 0 saturated heterocycles. The summed E-state index contributed by atoms with van der Waals surface area (Å²) in [6, 6.07) is 10.1. The first-order chi connectivity index (χ1) is 10.1. The SMILES string of the molecule is CC1CCCC(O)(CNC(=O)CCSc2ccccc2)C1. The summed E-state index contributed by atoms with van der Waals surface area (Å²) in [5, 5.41) is 13.4. The molecule has 0 heterocycles. The van der Waals surface area contributed by atoms with Crippen LogP contribution >= 0.6 is 11.8 Å². The second-order valence-corrected chi connectivity index (χ2v) is 7.28. The molecule has 4 heteroatoms. The lowest BCUT2D eigenvalue weighted by Gasteiger charge is -2.35. The summed E-state index contributed by atoms with van der Waals surface area (Å²) in [6.45, 7) is 2.56. The Kier molecular flexibility index (Phi) is 6.12. The van der Waals surface area contributed by atoms with E-state index in [4.69, 9.17) is 0 Å². The van der Waals surface area contributed by atoms with Crippen LogP contribution in [0.15, 0.2) is 35.2 Å². The van der Waals surface area contributed by atoms with Gasteiger partial charge in [-0.1, -0.05) is 38.0 Å². The van der Waals surface area contributed by atoms with Crippen molar-refractivity contribution in [2.45, 2.75) is 49.5 Å². The summed E-state index contributed by atoms with van der Waals surface area (Å²) in [4.78, 5) is 13.0. The largest absolute Gasteiger partial charge is 0.388 e. The Morgan fingerprint density at radius 3 is 2.90 bits per heavy atom. The zero-order valence-electron chi connectivity index (χ0n) is 12.7. The standard InChI is InChI=1S/C17H25NO2S/c1-14-6-5-10-17(20,12-14)13-18-16(19)9-11-21-15-7-3-2-4-8-15/h2-4,7-8,14,20H,5-6,9-13H2,1H3,(H,18,19). The van der Waals surface area contributed by atoms with Gasteiger partial charge in [0.25, 0.3) is 0 Å². The minimum atomic E-state index is -0.695. The number of hydrogen-bond donors (Lipinski definition) is 2. The molecule has 1 aliphatic rings. The van der Waals surface area contributed by atoms with Gasteiger partial charge in [0.2, 0.25) is 5.91 Å². The van der Waals surface area contributed by atoms with Crippen molar-refractivity contribution >= 4 is 17.7 Å². The first-order valence-electron chi connectivity index (χ1n) is 7.74. The molecule has 2 unspecified atom stereocenters. The number of thioether (sulfide) groups is 1. The van der Waals surface area contributed by atoms with E-state index in [0.29, 0.717) is 18.9 Å². The number of amides is 1. The molecule has 1 saturated carbocycles. The van der Waals surface area contributed by atoms with Crippen molar-refractivity contribution in [3.63, 3.8) is 0 Å². The van der Waals surface area contributed by atoms with Crippen molar-refractivity contribution < 1.29 is 9.90 Å². The fourth-order valence-electron chi connectivity index (χ4n) is 2.92. The number of carbonyl (C=O) groups excluding carboxylic acids is 1. The molecule has 2 atom stereocenters. The highest BCUT2D eigenvalue weighted by molar-refractivity contribution is 7.99. The van der Waals surface area contributed by atoms with Crippen molar-refractivity contribution in [3.8, 4) is 0 Å². The topological polar surface area (TPSA) is 49.3 Å². The van der Waals surface area contributed by atoms with Crippen LogP contribution in [0.1, 0.15) is 39.0 Å². The lowest BCUT2D eigenvalue weighted by atomic mass is 9.79. The average molecular weight is 307 g/mol. The van der Waals surface area contributed by atoms with Crippen LogP contribution in [0.5, 0.6) is 0 Å². The monoisotopic (exact) mass is 307 g/mol. The highest BCUT2D eigenvalue weighted by Gasteiger charge is 2.32. The minimum absolute atomic E-state index is 0.0325. The van der Waals surface area contributed by atoms with Crippen LogP contribution in [0, 0.1) is 5.92 Å². The van der Waals surface area contributed by atoms with Crippen LogP contribution in [0.2, 0.25) is 0 Å². The van der Waals surface area contributed by atoms with Gasteiger partial charge >= 0.3 is 0 Å². The van der Waals surface area contributed by atoms with Gasteiger partial charge in [0.1, 0.15) is 0 Å². The van der Waals surface area contributed by atoms with E-state index in [1.807, 2.05) is 18.2 Å². The highest BCUT2D eigenvalue weighted by atomic mass is 32.2. The summed E-state index contributed by atoms with van der Waals surface area (Å²) in [5.41, 5.74) is -0.695. The van der Waals surface area contributed by atoms with E-state index in [1.54, 1.807) is 11.8 Å². The van der Waals surface area contributed by atoms with Crippen LogP contribution < -0.4 is 5.32 Å². The Morgan fingerprint density at radius 1 is 1.43 bits per heavy atom. The van der Waals surface area contributed by atoms with Crippen molar-refractivity contribution in [3.05, 3.63) is 30.3 Å². The summed E-state index contributed by atoms with van der Waals surface area (Å²) >= 11 is 1.69. The van der Waals surface area contributed by atoms with Crippen LogP contribution in [-0.4, -0.2) is 28.9 Å². The molecule has 1 fully saturated rings. The number of nitrogens with one attached hydrogen (secondary N) is 1. The van der Waals surface area contributed by atoms with E-state index in [1.165, 1.54) is 11.3 Å². The molecule has 1 aromatic carbocycles. The predicted molar refractivity (Wildman–Crippen MR) is 87.4 cm³/mol. The van der Waals surface area contributed by atoms with E-state index in [-0.39, 0.29) is 5.91 Å². The first kappa shape index (κ1) is 16.4. The van der Waals surface area contributed by atoms with Crippen molar-refractivity contribution in [2.75, 3.05) is 12.3 Å². The molecule has 116 valence electrons. The van der Waals surface area contributed by atoms with Gasteiger partial charge in [-0.25, -0.2) is 0 Å². The Balaban J connectivity index is 1.65. The minimum Gasteiger partial charge on any atom is -0.388 e. The number of rotatable bonds is 6. The van der Waals surface area contributed by atoms with Crippen LogP contribution in [0.25, 0.3) is 0 Å². The zero-order valence-corrected chi connectivity index (χ0v) is 13.5. The Morgan fingerprint density at radius 2 is 2.19 bits per heavy atom. The number of hydrogen-bond acceptors (Lipinski definition) is 3. The molecule has 0 aromatic heterocycles. The van der Waals surface area contributed by atoms with E-state index in [2.05, 4.69) is 24.4 Å². The normalized spacial score (nSPS) is 25.5. The van der Waals surface area contributed by atoms with Gasteiger partial charge in [-0.05, 0) is 30.9 Å². The smallest absolute Gasteiger partial charge is 0.220 e. The molecule has 1 aromatic rings. The molecule has 0 radical (unpaired) electrons. The van der Waals surface area contributed by atoms with Crippen LogP contribution in [-0.2, 0) is 4.79 Å². The third kappa shape index (κ3) is 5.71. The van der Waals surface area contributed by atoms with Gasteiger partial charge in [0.15, 0.2) is 0 Å². The highest BCUT2D eigenvalue weighted by Crippen LogP contribution is 2.31. The fraction of sp³-hybridized carbons (Fsp3) is 0.588. The Labute approximate surface area is 131 Å². The lowest BCUT2D eigenvalue weighted by molar-refractivity contribution is -0.122. The van der Waals surface area contributed by atoms with Crippen LogP contribution in [0.3, 0.4) is 0 Å². The molecule has 3 nitrogen and oxygen atoms in total. The molecule has 0 aliphatic heterocycles. The van der Waals surface area contributed by atoms with Crippen molar-refractivity contribution in [2.24, 2.45) is 5.92 Å². The molecule has 1 aliphatic carbocycles. The summed E-state index contributed by atoms with van der Waals surface area (Å²) < 4.78 is 0. The maximum atomic E-state index is 11.9. The lowest BCUT2D eigenvalue weighted by Crippen LogP contribution is -2.45. The molecule has 2 N–H and O–H groups in total. The predicted octanol–water partition coefficient (Wildman–Crippen LogP) is 3.23. The molecular weight excluding hydrogens is 282 g/mol. The quantitative estimate of drug-likeness (QED) is 0.793. The maximum absolute atomic E-state index is 11.9. The van der Waals surface area contributed by atoms with Gasteiger partial charge in [0, 0.05) is 23.6 Å². The van der Waals surface area contributed by atoms with E-state index in [9.17, 15) is 9.90 Å². The van der Waals surface area contributed by atoms with Gasteiger partial charge in [-0.15, -0.1) is 11.8 Å². The molecule has 1 amide bonds. The summed E-state index contributed by atoms with van der Waals surface area (Å²) in [5.74, 6) is 1.35. The first-order valence-corrected chi connectivity index (χ1v) is 8.73. The van der Waals surface area contributed by atoms with Gasteiger partial charge < -0.3 is 10.4 Å². The maximum Gasteiger partial charge on any atom is 0.220 e. The molecule has 2 rings (SSSR count). The van der Waals surface area contributed by atoms with Gasteiger partial charge in [-0.2, -0.15) is 0 Å². The summed E-state index contributed by atoms with van der Waals surface area (Å²) in [6.07, 6.45) is 4.33. The third-order valence-corrected chi connectivity index (χ3v) is 5.04. The average Bonchev–Trinajstić information content (AvgIpc) is 2.46. The number of benzene rings is 1. The molecule has 0 bridgehead atoms. The van der Waals surface area contributed by atoms with Crippen molar-refractivity contribution in [1.82, 2.24) is 5.32 Å². The molecule has 0 spiro atoms. The second kappa shape index (κ2) is 7.85. The Bertz CT molecular complexity index is 451. The van der Waals surface area contributed by atoms with E-state index in [0.717, 1.165) is 25.0 Å². The van der Waals surface area contributed by atoms with Crippen LogP contribution in [0.4, 0.5) is 0 Å². The van der Waals surface area contributed by atoms with Crippen molar-refractivity contribution in [1.29, 1.82) is 0 Å².